The predicted octanol–water partition coefficient (Wildman–Crippen LogP) is 3.07. The lowest BCUT2D eigenvalue weighted by molar-refractivity contribution is -0.113. The number of hydrogen-bond acceptors (Lipinski definition) is 7. The van der Waals surface area contributed by atoms with Crippen molar-refractivity contribution in [2.45, 2.75) is 51.7 Å². The Bertz CT molecular complexity index is 853. The van der Waals surface area contributed by atoms with Crippen molar-refractivity contribution in [3.05, 3.63) is 27.0 Å². The van der Waals surface area contributed by atoms with Crippen molar-refractivity contribution in [1.82, 2.24) is 14.8 Å². The number of amides is 1. The number of nitrogens with one attached hydrogen (secondary N) is 2. The zero-order valence-electron chi connectivity index (χ0n) is 15.8. The van der Waals surface area contributed by atoms with E-state index in [-0.39, 0.29) is 29.9 Å². The second kappa shape index (κ2) is 9.75. The average Bonchev–Trinajstić information content (AvgIpc) is 3.18. The van der Waals surface area contributed by atoms with Gasteiger partial charge in [-0.1, -0.05) is 32.5 Å². The number of aromatic amines is 1. The van der Waals surface area contributed by atoms with Gasteiger partial charge in [-0.2, -0.15) is 0 Å². The van der Waals surface area contributed by atoms with E-state index in [2.05, 4.69) is 15.5 Å². The zero-order valence-corrected chi connectivity index (χ0v) is 17.5. The highest BCUT2D eigenvalue weighted by molar-refractivity contribution is 7.99. The molecule has 0 aliphatic carbocycles. The number of H-pyrrole nitrogens is 1. The molecule has 2 aromatic rings. The summed E-state index contributed by atoms with van der Waals surface area (Å²) in [5.41, 5.74) is 0.0794. The summed E-state index contributed by atoms with van der Waals surface area (Å²) in [7, 11) is 0. The first-order valence-electron chi connectivity index (χ1n) is 8.76. The summed E-state index contributed by atoms with van der Waals surface area (Å²) in [4.78, 5) is 37.2. The van der Waals surface area contributed by atoms with Crippen LogP contribution in [0.4, 0.5) is 5.00 Å². The van der Waals surface area contributed by atoms with Crippen LogP contribution in [0.5, 0.6) is 0 Å². The molecule has 148 valence electrons. The Labute approximate surface area is 165 Å². The first-order chi connectivity index (χ1) is 12.9. The van der Waals surface area contributed by atoms with Crippen LogP contribution in [0.25, 0.3) is 0 Å². The molecular weight excluding hydrogens is 388 g/mol. The SMILES string of the molecule is CCCn1c(SCC(=O)Nc2sc(C(C)C)cc2C(=O)OCC)n[nH]c1=O. The van der Waals surface area contributed by atoms with Crippen molar-refractivity contribution in [2.24, 2.45) is 0 Å². The molecule has 0 radical (unpaired) electrons. The topological polar surface area (TPSA) is 106 Å². The standard InChI is InChI=1S/C17H24N4O4S2/c1-5-7-21-16(24)19-20-17(21)26-9-13(22)18-14-11(15(23)25-6-2)8-12(27-14)10(3)4/h8,10H,5-7,9H2,1-4H3,(H,18,22)(H,19,24). The molecule has 27 heavy (non-hydrogen) atoms. The summed E-state index contributed by atoms with van der Waals surface area (Å²) in [5, 5.41) is 10.1. The maximum atomic E-state index is 12.4. The Balaban J connectivity index is 2.09. The number of carbonyl (C=O) groups is 2. The first-order valence-corrected chi connectivity index (χ1v) is 10.6. The van der Waals surface area contributed by atoms with Crippen molar-refractivity contribution in [3.8, 4) is 0 Å². The summed E-state index contributed by atoms with van der Waals surface area (Å²) < 4.78 is 6.58. The van der Waals surface area contributed by atoms with E-state index in [9.17, 15) is 14.4 Å². The lowest BCUT2D eigenvalue weighted by atomic mass is 10.1. The summed E-state index contributed by atoms with van der Waals surface area (Å²) in [5.74, 6) is -0.421. The Kier molecular flexibility index (Phi) is 7.66. The minimum atomic E-state index is -0.451. The predicted molar refractivity (Wildman–Crippen MR) is 107 cm³/mol. The molecule has 10 heteroatoms. The maximum absolute atomic E-state index is 12.4. The molecule has 0 saturated heterocycles. The first kappa shape index (κ1) is 21.2. The highest BCUT2D eigenvalue weighted by atomic mass is 32.2. The summed E-state index contributed by atoms with van der Waals surface area (Å²) in [6.45, 7) is 8.54. The number of hydrogen-bond donors (Lipinski definition) is 2. The van der Waals surface area contributed by atoms with E-state index < -0.39 is 5.97 Å². The highest BCUT2D eigenvalue weighted by Gasteiger charge is 2.20. The van der Waals surface area contributed by atoms with E-state index in [0.29, 0.717) is 22.3 Å². The van der Waals surface area contributed by atoms with Gasteiger partial charge in [-0.25, -0.2) is 14.7 Å². The summed E-state index contributed by atoms with van der Waals surface area (Å²) >= 11 is 2.54. The fraction of sp³-hybridized carbons (Fsp3) is 0.529. The van der Waals surface area contributed by atoms with E-state index in [0.717, 1.165) is 11.3 Å². The Morgan fingerprint density at radius 2 is 2.15 bits per heavy atom. The number of rotatable bonds is 9. The van der Waals surface area contributed by atoms with E-state index >= 15 is 0 Å². The fourth-order valence-corrected chi connectivity index (χ4v) is 4.11. The van der Waals surface area contributed by atoms with Crippen molar-refractivity contribution in [2.75, 3.05) is 17.7 Å². The number of ether oxygens (including phenoxy) is 1. The smallest absolute Gasteiger partial charge is 0.343 e. The average molecular weight is 413 g/mol. The van der Waals surface area contributed by atoms with E-state index in [1.807, 2.05) is 20.8 Å². The molecule has 1 amide bonds. The number of thiophene rings is 1. The molecule has 0 unspecified atom stereocenters. The van der Waals surface area contributed by atoms with Gasteiger partial charge in [0.1, 0.15) is 5.00 Å². The third kappa shape index (κ3) is 5.46. The Morgan fingerprint density at radius 1 is 1.41 bits per heavy atom. The largest absolute Gasteiger partial charge is 0.462 e. The van der Waals surface area contributed by atoms with Crippen molar-refractivity contribution >= 4 is 40.0 Å². The second-order valence-electron chi connectivity index (χ2n) is 6.07. The molecular formula is C17H24N4O4S2. The van der Waals surface area contributed by atoms with Gasteiger partial charge >= 0.3 is 11.7 Å². The van der Waals surface area contributed by atoms with Crippen molar-refractivity contribution in [3.63, 3.8) is 0 Å². The molecule has 0 aliphatic heterocycles. The van der Waals surface area contributed by atoms with Gasteiger partial charge in [0.2, 0.25) is 5.91 Å². The normalized spacial score (nSPS) is 11.0. The van der Waals surface area contributed by atoms with Crippen LogP contribution in [0, 0.1) is 0 Å². The molecule has 0 fully saturated rings. The zero-order chi connectivity index (χ0) is 20.0. The third-order valence-corrected chi connectivity index (χ3v) is 5.90. The van der Waals surface area contributed by atoms with Crippen LogP contribution >= 0.6 is 23.1 Å². The Morgan fingerprint density at radius 3 is 2.78 bits per heavy atom. The molecule has 0 aliphatic rings. The van der Waals surface area contributed by atoms with E-state index in [1.54, 1.807) is 13.0 Å². The van der Waals surface area contributed by atoms with Crippen LogP contribution in [0.3, 0.4) is 0 Å². The number of carbonyl (C=O) groups excluding carboxylic acids is 2. The molecule has 2 rings (SSSR count). The van der Waals surface area contributed by atoms with Gasteiger partial charge in [-0.3, -0.25) is 9.36 Å². The van der Waals surface area contributed by atoms with E-state index in [1.165, 1.54) is 27.7 Å². The van der Waals surface area contributed by atoms with Crippen molar-refractivity contribution in [1.29, 1.82) is 0 Å². The number of thioether (sulfide) groups is 1. The molecule has 0 spiro atoms. The van der Waals surface area contributed by atoms with Gasteiger partial charge < -0.3 is 10.1 Å². The fourth-order valence-electron chi connectivity index (χ4n) is 2.27. The van der Waals surface area contributed by atoms with Gasteiger partial charge in [-0.05, 0) is 25.3 Å². The maximum Gasteiger partial charge on any atom is 0.343 e. The van der Waals surface area contributed by atoms with Gasteiger partial charge in [0, 0.05) is 11.4 Å². The van der Waals surface area contributed by atoms with Crippen LogP contribution in [0.2, 0.25) is 0 Å². The second-order valence-corrected chi connectivity index (χ2v) is 8.09. The third-order valence-electron chi connectivity index (χ3n) is 3.57. The van der Waals surface area contributed by atoms with Gasteiger partial charge in [-0.15, -0.1) is 16.4 Å². The molecule has 2 heterocycles. The minimum Gasteiger partial charge on any atom is -0.462 e. The van der Waals surface area contributed by atoms with Crippen LogP contribution in [-0.2, 0) is 16.1 Å². The molecule has 0 bridgehead atoms. The summed E-state index contributed by atoms with van der Waals surface area (Å²) in [6.07, 6.45) is 0.787. The van der Waals surface area contributed by atoms with Crippen molar-refractivity contribution < 1.29 is 14.3 Å². The molecule has 2 aromatic heterocycles. The number of aromatic nitrogens is 3. The Hall–Kier alpha value is -2.07. The molecule has 0 aromatic carbocycles. The molecule has 2 N–H and O–H groups in total. The number of esters is 1. The van der Waals surface area contributed by atoms with Crippen LogP contribution in [0.15, 0.2) is 16.0 Å². The van der Waals surface area contributed by atoms with Crippen LogP contribution < -0.4 is 11.0 Å². The van der Waals surface area contributed by atoms with Gasteiger partial charge in [0.05, 0.1) is 17.9 Å². The highest BCUT2D eigenvalue weighted by Crippen LogP contribution is 2.33. The minimum absolute atomic E-state index is 0.0746. The van der Waals surface area contributed by atoms with Gasteiger partial charge in [0.25, 0.3) is 0 Å². The van der Waals surface area contributed by atoms with E-state index in [4.69, 9.17) is 4.74 Å². The summed E-state index contributed by atoms with van der Waals surface area (Å²) in [6, 6.07) is 1.77. The number of anilines is 1. The number of nitrogens with zero attached hydrogens (tertiary/aromatic N) is 2. The lowest BCUT2D eigenvalue weighted by Gasteiger charge is -2.06. The monoisotopic (exact) mass is 412 g/mol. The lowest BCUT2D eigenvalue weighted by Crippen LogP contribution is -2.19. The molecule has 8 nitrogen and oxygen atoms in total. The molecule has 0 saturated carbocycles. The van der Waals surface area contributed by atoms with Gasteiger partial charge in [0.15, 0.2) is 5.16 Å². The quantitative estimate of drug-likeness (QED) is 0.484. The molecule has 0 atom stereocenters. The van der Waals surface area contributed by atoms with Crippen LogP contribution in [0.1, 0.15) is 55.3 Å². The van der Waals surface area contributed by atoms with Crippen LogP contribution in [-0.4, -0.2) is 39.0 Å².